The molecular formula is C26H20N4O. The van der Waals surface area contributed by atoms with Crippen molar-refractivity contribution in [1.29, 1.82) is 0 Å². The summed E-state index contributed by atoms with van der Waals surface area (Å²) in [5.74, 6) is 2.00. The minimum absolute atomic E-state index is 0.265. The van der Waals surface area contributed by atoms with Gasteiger partial charge in [0.1, 0.15) is 24.1 Å². The van der Waals surface area contributed by atoms with E-state index in [1.54, 1.807) is 6.07 Å². The number of fused-ring (bicyclic) bond motifs is 3. The summed E-state index contributed by atoms with van der Waals surface area (Å²) in [6, 6.07) is 30.3. The number of anilines is 2. The Morgan fingerprint density at radius 2 is 1.23 bits per heavy atom. The molecule has 0 saturated heterocycles. The van der Waals surface area contributed by atoms with Crippen LogP contribution in [-0.4, -0.2) is 21.3 Å². The van der Waals surface area contributed by atoms with Gasteiger partial charge in [0.2, 0.25) is 0 Å². The molecule has 0 radical (unpaired) electrons. The molecule has 5 nitrogen and oxygen atoms in total. The van der Waals surface area contributed by atoms with Gasteiger partial charge in [-0.15, -0.1) is 0 Å². The van der Waals surface area contributed by atoms with Crippen molar-refractivity contribution < 1.29 is 5.11 Å². The highest BCUT2D eigenvalue weighted by Crippen LogP contribution is 2.33. The Hall–Kier alpha value is -4.25. The van der Waals surface area contributed by atoms with Crippen LogP contribution in [0.4, 0.5) is 11.5 Å². The van der Waals surface area contributed by atoms with Crippen molar-refractivity contribution >= 4 is 33.3 Å². The normalized spacial score (nSPS) is 13.5. The van der Waals surface area contributed by atoms with Crippen molar-refractivity contribution in [1.82, 2.24) is 9.55 Å². The van der Waals surface area contributed by atoms with Gasteiger partial charge >= 0.3 is 0 Å². The van der Waals surface area contributed by atoms with Crippen LogP contribution < -0.4 is 9.80 Å². The van der Waals surface area contributed by atoms with Crippen LogP contribution in [0.5, 0.6) is 5.75 Å². The van der Waals surface area contributed by atoms with Crippen LogP contribution in [0.2, 0.25) is 0 Å². The van der Waals surface area contributed by atoms with Crippen LogP contribution in [0, 0.1) is 0 Å². The van der Waals surface area contributed by atoms with Crippen molar-refractivity contribution in [3.63, 3.8) is 0 Å². The maximum atomic E-state index is 10.2. The average molecular weight is 404 g/mol. The summed E-state index contributed by atoms with van der Waals surface area (Å²) in [4.78, 5) is 9.07. The topological polar surface area (TPSA) is 44.5 Å². The number of hydrogen-bond acceptors (Lipinski definition) is 4. The first kappa shape index (κ1) is 17.6. The number of aromatic hydroxyl groups is 1. The molecule has 0 spiro atoms. The van der Waals surface area contributed by atoms with Gasteiger partial charge in [-0.2, -0.15) is 0 Å². The van der Waals surface area contributed by atoms with Crippen LogP contribution in [0.25, 0.3) is 27.6 Å². The first-order valence-corrected chi connectivity index (χ1v) is 10.2. The Morgan fingerprint density at radius 3 is 1.97 bits per heavy atom. The minimum atomic E-state index is 0.265. The number of phenolic OH excluding ortho intramolecular Hbond substituents is 1. The van der Waals surface area contributed by atoms with E-state index in [4.69, 9.17) is 4.98 Å². The summed E-state index contributed by atoms with van der Waals surface area (Å²) >= 11 is 0. The van der Waals surface area contributed by atoms with Crippen molar-refractivity contribution in [2.24, 2.45) is 0 Å². The Balaban J connectivity index is 1.41. The number of nitrogens with zero attached hydrogens (tertiary/aromatic N) is 4. The number of rotatable bonds is 3. The molecule has 1 aliphatic rings. The summed E-state index contributed by atoms with van der Waals surface area (Å²) in [5.41, 5.74) is 3.06. The first-order chi connectivity index (χ1) is 15.3. The van der Waals surface area contributed by atoms with Gasteiger partial charge in [0.05, 0.1) is 16.7 Å². The monoisotopic (exact) mass is 404 g/mol. The lowest BCUT2D eigenvalue weighted by molar-refractivity contribution is 0.475. The second-order valence-electron chi connectivity index (χ2n) is 7.59. The third kappa shape index (κ3) is 2.82. The summed E-state index contributed by atoms with van der Waals surface area (Å²) in [6.07, 6.45) is 3.95. The summed E-state index contributed by atoms with van der Waals surface area (Å²) < 4.78 is 2.22. The summed E-state index contributed by atoms with van der Waals surface area (Å²) in [6.45, 7) is 0.585. The lowest BCUT2D eigenvalue weighted by Gasteiger charge is -2.22. The predicted molar refractivity (Wildman–Crippen MR) is 126 cm³/mol. The van der Waals surface area contributed by atoms with Gasteiger partial charge in [-0.1, -0.05) is 54.6 Å². The fraction of sp³-hybridized carbons (Fsp3) is 0.0385. The van der Waals surface area contributed by atoms with E-state index in [-0.39, 0.29) is 5.75 Å². The predicted octanol–water partition coefficient (Wildman–Crippen LogP) is 5.64. The molecule has 0 atom stereocenters. The molecule has 5 aromatic rings. The summed E-state index contributed by atoms with van der Waals surface area (Å²) in [5, 5.41) is 12.6. The van der Waals surface area contributed by atoms with Crippen LogP contribution in [0.15, 0.2) is 103 Å². The molecular weight excluding hydrogens is 384 g/mol. The van der Waals surface area contributed by atoms with Gasteiger partial charge in [-0.25, -0.2) is 4.98 Å². The third-order valence-electron chi connectivity index (χ3n) is 5.75. The molecule has 2 aromatic heterocycles. The molecule has 6 rings (SSSR count). The zero-order valence-corrected chi connectivity index (χ0v) is 16.8. The van der Waals surface area contributed by atoms with Gasteiger partial charge in [0, 0.05) is 23.2 Å². The second kappa shape index (κ2) is 6.92. The Bertz CT molecular complexity index is 1400. The number of para-hydroxylation sites is 4. The molecule has 31 heavy (non-hydrogen) atoms. The highest BCUT2D eigenvalue weighted by molar-refractivity contribution is 6.09. The second-order valence-corrected chi connectivity index (χ2v) is 7.59. The van der Waals surface area contributed by atoms with E-state index in [1.807, 2.05) is 53.7 Å². The quantitative estimate of drug-likeness (QED) is 0.423. The summed E-state index contributed by atoms with van der Waals surface area (Å²) in [7, 11) is 0. The van der Waals surface area contributed by atoms with Crippen LogP contribution in [0.3, 0.4) is 0 Å². The lowest BCUT2D eigenvalue weighted by Crippen LogP contribution is -2.25. The van der Waals surface area contributed by atoms with Gasteiger partial charge in [-0.05, 0) is 36.4 Å². The Labute approximate surface area is 179 Å². The van der Waals surface area contributed by atoms with Crippen molar-refractivity contribution in [2.45, 2.75) is 0 Å². The molecule has 1 N–H and O–H groups in total. The van der Waals surface area contributed by atoms with E-state index in [0.717, 1.165) is 28.4 Å². The zero-order chi connectivity index (χ0) is 20.8. The standard InChI is InChI=1S/C26H20N4O/c31-24-13-6-5-12-23(24)28-16-17-29(18-28)25-14-7-15-26(27-25)30-21-10-3-1-8-19(21)20-9-2-4-11-22(20)30/h1-17,31H,18H2. The highest BCUT2D eigenvalue weighted by Gasteiger charge is 2.19. The van der Waals surface area contributed by atoms with Gasteiger partial charge in [0.15, 0.2) is 0 Å². The zero-order valence-electron chi connectivity index (χ0n) is 16.8. The van der Waals surface area contributed by atoms with Crippen LogP contribution in [0.1, 0.15) is 0 Å². The fourth-order valence-electron chi connectivity index (χ4n) is 4.30. The van der Waals surface area contributed by atoms with E-state index < -0.39 is 0 Å². The molecule has 5 heteroatoms. The number of pyridine rings is 1. The molecule has 0 fully saturated rings. The largest absolute Gasteiger partial charge is 0.506 e. The molecule has 0 unspecified atom stereocenters. The number of hydrogen-bond donors (Lipinski definition) is 1. The Morgan fingerprint density at radius 1 is 0.613 bits per heavy atom. The smallest absolute Gasteiger partial charge is 0.140 e. The molecule has 0 amide bonds. The van der Waals surface area contributed by atoms with Crippen molar-refractivity contribution in [3.8, 4) is 11.6 Å². The molecule has 3 aromatic carbocycles. The number of phenols is 1. The van der Waals surface area contributed by atoms with E-state index in [9.17, 15) is 5.11 Å². The molecule has 1 aliphatic heterocycles. The van der Waals surface area contributed by atoms with Crippen LogP contribution >= 0.6 is 0 Å². The lowest BCUT2D eigenvalue weighted by atomic mass is 10.2. The maximum Gasteiger partial charge on any atom is 0.140 e. The van der Waals surface area contributed by atoms with Crippen molar-refractivity contribution in [3.05, 3.63) is 103 Å². The van der Waals surface area contributed by atoms with Crippen LogP contribution in [-0.2, 0) is 0 Å². The van der Waals surface area contributed by atoms with E-state index >= 15 is 0 Å². The molecule has 0 bridgehead atoms. The SMILES string of the molecule is Oc1ccccc1N1C=CN(c2cccc(-n3c4ccccc4c4ccccc43)n2)C1. The molecule has 3 heterocycles. The molecule has 150 valence electrons. The Kier molecular flexibility index (Phi) is 3.93. The minimum Gasteiger partial charge on any atom is -0.506 e. The third-order valence-corrected chi connectivity index (χ3v) is 5.75. The maximum absolute atomic E-state index is 10.2. The molecule has 0 aliphatic carbocycles. The highest BCUT2D eigenvalue weighted by atomic mass is 16.3. The van der Waals surface area contributed by atoms with Crippen molar-refractivity contribution in [2.75, 3.05) is 16.5 Å². The average Bonchev–Trinajstić information content (AvgIpc) is 3.43. The van der Waals surface area contributed by atoms with Gasteiger partial charge < -0.3 is 14.9 Å². The van der Waals surface area contributed by atoms with Gasteiger partial charge in [-0.3, -0.25) is 4.57 Å². The molecule has 0 saturated carbocycles. The number of benzene rings is 3. The van der Waals surface area contributed by atoms with Gasteiger partial charge in [0.25, 0.3) is 0 Å². The van der Waals surface area contributed by atoms with E-state index in [1.165, 1.54) is 10.8 Å². The first-order valence-electron chi connectivity index (χ1n) is 10.2. The van der Waals surface area contributed by atoms with E-state index in [0.29, 0.717) is 6.67 Å². The number of aromatic nitrogens is 2. The fourth-order valence-corrected chi connectivity index (χ4v) is 4.30. The van der Waals surface area contributed by atoms with E-state index in [2.05, 4.69) is 58.0 Å².